The lowest BCUT2D eigenvalue weighted by Crippen LogP contribution is -2.29. The van der Waals surface area contributed by atoms with Gasteiger partial charge in [0.15, 0.2) is 11.5 Å². The summed E-state index contributed by atoms with van der Waals surface area (Å²) in [5, 5.41) is 3.51. The Morgan fingerprint density at radius 2 is 2.17 bits per heavy atom. The Balaban J connectivity index is 2.20. The molecular weight excluding hydrogens is 258 g/mol. The number of nitrogens with one attached hydrogen (secondary N) is 1. The molecule has 1 aromatic carbocycles. The molecule has 0 amide bonds. The van der Waals surface area contributed by atoms with Gasteiger partial charge in [-0.05, 0) is 6.42 Å². The van der Waals surface area contributed by atoms with Gasteiger partial charge in [-0.15, -0.1) is 0 Å². The number of rotatable bonds is 4. The Labute approximate surface area is 110 Å². The van der Waals surface area contributed by atoms with Crippen molar-refractivity contribution >= 4 is 23.3 Å². The molecule has 2 rings (SSSR count). The summed E-state index contributed by atoms with van der Waals surface area (Å²) < 4.78 is 15.2. The van der Waals surface area contributed by atoms with Crippen LogP contribution in [-0.4, -0.2) is 25.9 Å². The number of hydrogen-bond acceptors (Lipinski definition) is 5. The highest BCUT2D eigenvalue weighted by atomic mass is 35.5. The van der Waals surface area contributed by atoms with Gasteiger partial charge in [0.2, 0.25) is 6.79 Å². The van der Waals surface area contributed by atoms with Gasteiger partial charge in [-0.1, -0.05) is 18.5 Å². The smallest absolute Gasteiger partial charge is 0.328 e. The molecule has 0 saturated heterocycles. The quantitative estimate of drug-likeness (QED) is 0.853. The second-order valence-corrected chi connectivity index (χ2v) is 4.22. The number of hydrogen-bond donors (Lipinski definition) is 1. The monoisotopic (exact) mass is 271 g/mol. The van der Waals surface area contributed by atoms with E-state index in [9.17, 15) is 4.79 Å². The zero-order valence-corrected chi connectivity index (χ0v) is 10.9. The average molecular weight is 272 g/mol. The first-order chi connectivity index (χ1) is 8.65. The molecule has 0 aromatic heterocycles. The van der Waals surface area contributed by atoms with Crippen LogP contribution in [0.2, 0.25) is 5.02 Å². The van der Waals surface area contributed by atoms with E-state index < -0.39 is 6.04 Å². The van der Waals surface area contributed by atoms with Gasteiger partial charge in [-0.3, -0.25) is 0 Å². The fraction of sp³-hybridized carbons (Fsp3) is 0.417. The molecule has 1 unspecified atom stereocenters. The minimum Gasteiger partial charge on any atom is -0.467 e. The molecule has 1 aromatic rings. The highest BCUT2D eigenvalue weighted by molar-refractivity contribution is 6.33. The van der Waals surface area contributed by atoms with Gasteiger partial charge in [-0.2, -0.15) is 0 Å². The van der Waals surface area contributed by atoms with Gasteiger partial charge in [0.05, 0.1) is 17.8 Å². The topological polar surface area (TPSA) is 56.8 Å². The third-order valence-electron chi connectivity index (χ3n) is 2.69. The van der Waals surface area contributed by atoms with Gasteiger partial charge in [-0.25, -0.2) is 4.79 Å². The van der Waals surface area contributed by atoms with Gasteiger partial charge in [0, 0.05) is 12.1 Å². The fourth-order valence-electron chi connectivity index (χ4n) is 1.69. The van der Waals surface area contributed by atoms with Crippen molar-refractivity contribution in [3.05, 3.63) is 17.2 Å². The highest BCUT2D eigenvalue weighted by Crippen LogP contribution is 2.39. The van der Waals surface area contributed by atoms with E-state index in [4.69, 9.17) is 25.8 Å². The average Bonchev–Trinajstić information content (AvgIpc) is 2.81. The van der Waals surface area contributed by atoms with Gasteiger partial charge in [0.1, 0.15) is 6.04 Å². The summed E-state index contributed by atoms with van der Waals surface area (Å²) in [5.74, 6) is 0.893. The Morgan fingerprint density at radius 1 is 1.50 bits per heavy atom. The number of methoxy groups -OCH3 is 1. The van der Waals surface area contributed by atoms with Gasteiger partial charge < -0.3 is 19.5 Å². The zero-order chi connectivity index (χ0) is 13.1. The number of fused-ring (bicyclic) bond motifs is 1. The normalized spacial score (nSPS) is 14.2. The van der Waals surface area contributed by atoms with Crippen molar-refractivity contribution in [2.24, 2.45) is 0 Å². The number of benzene rings is 1. The Hall–Kier alpha value is -1.62. The Morgan fingerprint density at radius 3 is 2.78 bits per heavy atom. The van der Waals surface area contributed by atoms with Gasteiger partial charge in [0.25, 0.3) is 0 Å². The molecule has 1 aliphatic rings. The van der Waals surface area contributed by atoms with Crippen LogP contribution in [0.4, 0.5) is 5.69 Å². The summed E-state index contributed by atoms with van der Waals surface area (Å²) in [4.78, 5) is 11.5. The summed E-state index contributed by atoms with van der Waals surface area (Å²) >= 11 is 6.11. The molecular formula is C12H14ClNO4. The maximum Gasteiger partial charge on any atom is 0.328 e. The van der Waals surface area contributed by atoms with Crippen LogP contribution in [0.25, 0.3) is 0 Å². The van der Waals surface area contributed by atoms with Crippen molar-refractivity contribution in [3.63, 3.8) is 0 Å². The molecule has 0 aliphatic carbocycles. The fourth-order valence-corrected chi connectivity index (χ4v) is 1.89. The molecule has 1 heterocycles. The van der Waals surface area contributed by atoms with E-state index in [1.54, 1.807) is 12.1 Å². The maximum absolute atomic E-state index is 11.5. The van der Waals surface area contributed by atoms with Crippen LogP contribution in [0.1, 0.15) is 13.3 Å². The third-order valence-corrected chi connectivity index (χ3v) is 3.00. The summed E-state index contributed by atoms with van der Waals surface area (Å²) in [6, 6.07) is 2.94. The lowest BCUT2D eigenvalue weighted by Gasteiger charge is -2.17. The maximum atomic E-state index is 11.5. The van der Waals surface area contributed by atoms with Crippen LogP contribution in [-0.2, 0) is 9.53 Å². The Kier molecular flexibility index (Phi) is 3.81. The van der Waals surface area contributed by atoms with Crippen LogP contribution in [0.5, 0.6) is 11.5 Å². The predicted octanol–water partition coefficient (Wildman–Crippen LogP) is 2.43. The van der Waals surface area contributed by atoms with E-state index in [1.807, 2.05) is 6.92 Å². The van der Waals surface area contributed by atoms with E-state index in [0.29, 0.717) is 28.6 Å². The van der Waals surface area contributed by atoms with Crippen LogP contribution in [0, 0.1) is 0 Å². The SMILES string of the molecule is CCC(Nc1cc2c(cc1Cl)OCO2)C(=O)OC. The van der Waals surface area contributed by atoms with Crippen LogP contribution in [0.15, 0.2) is 12.1 Å². The summed E-state index contributed by atoms with van der Waals surface area (Å²) in [6.07, 6.45) is 0.595. The summed E-state index contributed by atoms with van der Waals surface area (Å²) in [5.41, 5.74) is 0.623. The standard InChI is InChI=1S/C12H14ClNO4/c1-3-8(12(15)16-2)14-9-5-11-10(4-7(9)13)17-6-18-11/h4-5,8,14H,3,6H2,1-2H3. The molecule has 0 saturated carbocycles. The molecule has 0 fully saturated rings. The van der Waals surface area contributed by atoms with Crippen molar-refractivity contribution in [3.8, 4) is 11.5 Å². The first-order valence-electron chi connectivity index (χ1n) is 5.59. The van der Waals surface area contributed by atoms with Crippen LogP contribution >= 0.6 is 11.6 Å². The number of anilines is 1. The molecule has 1 N–H and O–H groups in total. The van der Waals surface area contributed by atoms with E-state index in [0.717, 1.165) is 0 Å². The number of halogens is 1. The molecule has 98 valence electrons. The molecule has 0 bridgehead atoms. The largest absolute Gasteiger partial charge is 0.467 e. The molecule has 0 spiro atoms. The number of carbonyl (C=O) groups excluding carboxylic acids is 1. The second-order valence-electron chi connectivity index (χ2n) is 3.81. The lowest BCUT2D eigenvalue weighted by atomic mass is 10.2. The van der Waals surface area contributed by atoms with Crippen LogP contribution in [0.3, 0.4) is 0 Å². The van der Waals surface area contributed by atoms with E-state index >= 15 is 0 Å². The molecule has 18 heavy (non-hydrogen) atoms. The number of carbonyl (C=O) groups is 1. The Bertz CT molecular complexity index is 464. The second kappa shape index (κ2) is 5.35. The molecule has 1 atom stereocenters. The molecule has 0 radical (unpaired) electrons. The molecule has 5 nitrogen and oxygen atoms in total. The third kappa shape index (κ3) is 2.46. The van der Waals surface area contributed by atoms with Crippen molar-refractivity contribution in [2.75, 3.05) is 19.2 Å². The minimum atomic E-state index is -0.437. The zero-order valence-electron chi connectivity index (χ0n) is 10.2. The summed E-state index contributed by atoms with van der Waals surface area (Å²) in [6.45, 7) is 2.07. The number of esters is 1. The van der Waals surface area contributed by atoms with Crippen LogP contribution < -0.4 is 14.8 Å². The number of ether oxygens (including phenoxy) is 3. The van der Waals surface area contributed by atoms with Gasteiger partial charge >= 0.3 is 5.97 Å². The van der Waals surface area contributed by atoms with E-state index in [-0.39, 0.29) is 12.8 Å². The lowest BCUT2D eigenvalue weighted by molar-refractivity contribution is -0.141. The van der Waals surface area contributed by atoms with Crippen molar-refractivity contribution in [1.82, 2.24) is 0 Å². The van der Waals surface area contributed by atoms with E-state index in [2.05, 4.69) is 5.32 Å². The first-order valence-corrected chi connectivity index (χ1v) is 5.97. The van der Waals surface area contributed by atoms with E-state index in [1.165, 1.54) is 7.11 Å². The summed E-state index contributed by atoms with van der Waals surface area (Å²) in [7, 11) is 1.36. The van der Waals surface area contributed by atoms with Crippen molar-refractivity contribution < 1.29 is 19.0 Å². The molecule has 6 heteroatoms. The van der Waals surface area contributed by atoms with Crippen molar-refractivity contribution in [2.45, 2.75) is 19.4 Å². The predicted molar refractivity (Wildman–Crippen MR) is 67.3 cm³/mol. The highest BCUT2D eigenvalue weighted by Gasteiger charge is 2.21. The van der Waals surface area contributed by atoms with Crippen molar-refractivity contribution in [1.29, 1.82) is 0 Å². The minimum absolute atomic E-state index is 0.184. The first kappa shape index (κ1) is 12.8. The molecule has 1 aliphatic heterocycles.